The third-order valence-corrected chi connectivity index (χ3v) is 3.95. The molecular weight excluding hydrogens is 248 g/mol. The van der Waals surface area contributed by atoms with Gasteiger partial charge in [-0.25, -0.2) is 4.79 Å². The molecule has 0 radical (unpaired) electrons. The minimum absolute atomic E-state index is 0.271. The number of hydrogen-bond acceptors (Lipinski definition) is 3. The maximum Gasteiger partial charge on any atom is 0.319 e. The fourth-order valence-electron chi connectivity index (χ4n) is 1.86. The molecular formula is C13H18N2O2S. The van der Waals surface area contributed by atoms with E-state index < -0.39 is 5.60 Å². The van der Waals surface area contributed by atoms with Crippen LogP contribution in [0, 0.1) is 0 Å². The molecule has 2 amide bonds. The molecule has 4 nitrogen and oxygen atoms in total. The Labute approximate surface area is 111 Å². The van der Waals surface area contributed by atoms with Crippen LogP contribution < -0.4 is 10.6 Å². The molecule has 0 atom stereocenters. The zero-order valence-electron chi connectivity index (χ0n) is 10.4. The van der Waals surface area contributed by atoms with Crippen LogP contribution >= 0.6 is 11.8 Å². The van der Waals surface area contributed by atoms with Crippen LogP contribution in [0.5, 0.6) is 0 Å². The Morgan fingerprint density at radius 3 is 2.56 bits per heavy atom. The first-order chi connectivity index (χ1) is 8.61. The Morgan fingerprint density at radius 1 is 1.39 bits per heavy atom. The highest BCUT2D eigenvalue weighted by Gasteiger charge is 2.34. The van der Waals surface area contributed by atoms with Gasteiger partial charge in [-0.2, -0.15) is 0 Å². The molecule has 2 rings (SSSR count). The maximum atomic E-state index is 11.6. The summed E-state index contributed by atoms with van der Waals surface area (Å²) in [5.41, 5.74) is 0.0750. The fourth-order valence-corrected chi connectivity index (χ4v) is 2.26. The second-order valence-electron chi connectivity index (χ2n) is 4.61. The molecule has 0 saturated heterocycles. The summed E-state index contributed by atoms with van der Waals surface area (Å²) in [6.45, 7) is 0.321. The van der Waals surface area contributed by atoms with Gasteiger partial charge in [-0.05, 0) is 49.8 Å². The van der Waals surface area contributed by atoms with Crippen molar-refractivity contribution < 1.29 is 9.90 Å². The van der Waals surface area contributed by atoms with Gasteiger partial charge in [0, 0.05) is 17.1 Å². The molecule has 0 aromatic heterocycles. The molecule has 5 heteroatoms. The molecule has 1 aromatic carbocycles. The predicted molar refractivity (Wildman–Crippen MR) is 74.0 cm³/mol. The van der Waals surface area contributed by atoms with Crippen molar-refractivity contribution in [2.75, 3.05) is 18.1 Å². The van der Waals surface area contributed by atoms with E-state index in [1.165, 1.54) is 0 Å². The molecule has 0 aliphatic heterocycles. The fraction of sp³-hybridized carbons (Fsp3) is 0.462. The molecule has 0 heterocycles. The van der Waals surface area contributed by atoms with Gasteiger partial charge < -0.3 is 15.7 Å². The average Bonchev–Trinajstić information content (AvgIpc) is 2.35. The Bertz CT molecular complexity index is 416. The van der Waals surface area contributed by atoms with Crippen LogP contribution in [0.3, 0.4) is 0 Å². The first-order valence-electron chi connectivity index (χ1n) is 6.03. The monoisotopic (exact) mass is 266 g/mol. The number of nitrogens with one attached hydrogen (secondary N) is 2. The number of thioether (sulfide) groups is 1. The van der Waals surface area contributed by atoms with Gasteiger partial charge in [0.25, 0.3) is 0 Å². The summed E-state index contributed by atoms with van der Waals surface area (Å²) in [6.07, 6.45) is 4.59. The van der Waals surface area contributed by atoms with Crippen LogP contribution in [0.15, 0.2) is 29.2 Å². The van der Waals surface area contributed by atoms with Gasteiger partial charge in [0.15, 0.2) is 0 Å². The van der Waals surface area contributed by atoms with Crippen molar-refractivity contribution in [1.29, 1.82) is 0 Å². The molecule has 1 aromatic rings. The van der Waals surface area contributed by atoms with E-state index in [0.29, 0.717) is 6.54 Å². The lowest BCUT2D eigenvalue weighted by molar-refractivity contribution is -0.0287. The predicted octanol–water partition coefficient (Wildman–Crippen LogP) is 2.45. The van der Waals surface area contributed by atoms with E-state index in [4.69, 9.17) is 0 Å². The quantitative estimate of drug-likeness (QED) is 0.734. The highest BCUT2D eigenvalue weighted by atomic mass is 32.2. The molecule has 0 spiro atoms. The van der Waals surface area contributed by atoms with E-state index in [1.54, 1.807) is 11.8 Å². The number of anilines is 1. The first-order valence-corrected chi connectivity index (χ1v) is 7.25. The van der Waals surface area contributed by atoms with Gasteiger partial charge in [0.2, 0.25) is 0 Å². The smallest absolute Gasteiger partial charge is 0.319 e. The average molecular weight is 266 g/mol. The summed E-state index contributed by atoms with van der Waals surface area (Å²) >= 11 is 1.66. The van der Waals surface area contributed by atoms with Crippen LogP contribution in [0.1, 0.15) is 19.3 Å². The lowest BCUT2D eigenvalue weighted by Gasteiger charge is -2.36. The summed E-state index contributed by atoms with van der Waals surface area (Å²) in [5.74, 6) is 0. The number of benzene rings is 1. The van der Waals surface area contributed by atoms with Crippen LogP contribution in [0.25, 0.3) is 0 Å². The molecule has 98 valence electrons. The molecule has 1 aliphatic carbocycles. The topological polar surface area (TPSA) is 61.4 Å². The van der Waals surface area contributed by atoms with Gasteiger partial charge in [0.05, 0.1) is 5.60 Å². The number of carbonyl (C=O) groups excluding carboxylic acids is 1. The minimum Gasteiger partial charge on any atom is -0.388 e. The molecule has 1 fully saturated rings. The number of amides is 2. The summed E-state index contributed by atoms with van der Waals surface area (Å²) in [6, 6.07) is 7.37. The Balaban J connectivity index is 1.79. The number of rotatable bonds is 4. The highest BCUT2D eigenvalue weighted by Crippen LogP contribution is 2.30. The van der Waals surface area contributed by atoms with Crippen molar-refractivity contribution in [3.63, 3.8) is 0 Å². The molecule has 0 bridgehead atoms. The van der Waals surface area contributed by atoms with E-state index in [9.17, 15) is 9.90 Å². The van der Waals surface area contributed by atoms with E-state index in [1.807, 2.05) is 30.5 Å². The van der Waals surface area contributed by atoms with Crippen molar-refractivity contribution in [1.82, 2.24) is 5.32 Å². The molecule has 0 unspecified atom stereocenters. The van der Waals surface area contributed by atoms with Crippen molar-refractivity contribution in [2.45, 2.75) is 29.8 Å². The third kappa shape index (κ3) is 3.40. The lowest BCUT2D eigenvalue weighted by Crippen LogP contribution is -2.48. The van der Waals surface area contributed by atoms with E-state index >= 15 is 0 Å². The van der Waals surface area contributed by atoms with Crippen LogP contribution in [-0.2, 0) is 0 Å². The van der Waals surface area contributed by atoms with Crippen molar-refractivity contribution >= 4 is 23.5 Å². The number of hydrogen-bond donors (Lipinski definition) is 3. The molecule has 1 saturated carbocycles. The van der Waals surface area contributed by atoms with Gasteiger partial charge in [-0.3, -0.25) is 0 Å². The zero-order chi connectivity index (χ0) is 13.0. The van der Waals surface area contributed by atoms with Gasteiger partial charge in [0.1, 0.15) is 0 Å². The van der Waals surface area contributed by atoms with Crippen LogP contribution in [-0.4, -0.2) is 29.5 Å². The largest absolute Gasteiger partial charge is 0.388 e. The summed E-state index contributed by atoms with van der Waals surface area (Å²) in [7, 11) is 0. The normalized spacial score (nSPS) is 16.8. The lowest BCUT2D eigenvalue weighted by atomic mass is 9.80. The van der Waals surface area contributed by atoms with Crippen LogP contribution in [0.2, 0.25) is 0 Å². The van der Waals surface area contributed by atoms with Crippen molar-refractivity contribution in [2.24, 2.45) is 0 Å². The van der Waals surface area contributed by atoms with Crippen molar-refractivity contribution in [3.8, 4) is 0 Å². The second-order valence-corrected chi connectivity index (χ2v) is 5.49. The van der Waals surface area contributed by atoms with Crippen LogP contribution in [0.4, 0.5) is 10.5 Å². The molecule has 18 heavy (non-hydrogen) atoms. The summed E-state index contributed by atoms with van der Waals surface area (Å²) in [4.78, 5) is 12.8. The zero-order valence-corrected chi connectivity index (χ0v) is 11.2. The summed E-state index contributed by atoms with van der Waals surface area (Å²) < 4.78 is 0. The van der Waals surface area contributed by atoms with Crippen molar-refractivity contribution in [3.05, 3.63) is 24.3 Å². The third-order valence-electron chi connectivity index (χ3n) is 3.21. The SMILES string of the molecule is CSc1ccc(NC(=O)NCC2(O)CCC2)cc1. The maximum absolute atomic E-state index is 11.6. The van der Waals surface area contributed by atoms with Gasteiger partial charge in [-0.1, -0.05) is 0 Å². The first kappa shape index (κ1) is 13.2. The number of urea groups is 1. The Kier molecular flexibility index (Phi) is 4.14. The number of aliphatic hydroxyl groups is 1. The standard InChI is InChI=1S/C13H18N2O2S/c1-18-11-5-3-10(4-6-11)15-12(16)14-9-13(17)7-2-8-13/h3-6,17H,2,7-9H2,1H3,(H2,14,15,16). The van der Waals surface area contributed by atoms with Gasteiger partial charge in [-0.15, -0.1) is 11.8 Å². The summed E-state index contributed by atoms with van der Waals surface area (Å²) in [5, 5.41) is 15.3. The number of carbonyl (C=O) groups is 1. The Hall–Kier alpha value is -1.20. The second kappa shape index (κ2) is 5.63. The van der Waals surface area contributed by atoms with E-state index in [0.717, 1.165) is 29.8 Å². The van der Waals surface area contributed by atoms with E-state index in [-0.39, 0.29) is 6.03 Å². The minimum atomic E-state index is -0.681. The van der Waals surface area contributed by atoms with Gasteiger partial charge >= 0.3 is 6.03 Å². The Morgan fingerprint density at radius 2 is 2.06 bits per heavy atom. The molecule has 3 N–H and O–H groups in total. The highest BCUT2D eigenvalue weighted by molar-refractivity contribution is 7.98. The molecule has 1 aliphatic rings. The van der Waals surface area contributed by atoms with E-state index in [2.05, 4.69) is 10.6 Å².